The summed E-state index contributed by atoms with van der Waals surface area (Å²) in [7, 11) is 0. The molecule has 2 N–H and O–H groups in total. The number of thiazole rings is 1. The van der Waals surface area contributed by atoms with Gasteiger partial charge in [0.15, 0.2) is 11.2 Å². The lowest BCUT2D eigenvalue weighted by atomic mass is 10.0. The highest BCUT2D eigenvalue weighted by Gasteiger charge is 2.42. The summed E-state index contributed by atoms with van der Waals surface area (Å²) >= 11 is 1.29. The highest BCUT2D eigenvalue weighted by Crippen LogP contribution is 2.38. The first-order valence-corrected chi connectivity index (χ1v) is 14.1. The number of anilines is 1. The van der Waals surface area contributed by atoms with Crippen LogP contribution >= 0.6 is 23.7 Å². The van der Waals surface area contributed by atoms with Crippen LogP contribution in [0.25, 0.3) is 11.1 Å². The normalized spacial score (nSPS) is 17.4. The van der Waals surface area contributed by atoms with E-state index in [2.05, 4.69) is 25.7 Å². The maximum atomic E-state index is 15.5. The molecule has 3 aromatic heterocycles. The van der Waals surface area contributed by atoms with Gasteiger partial charge in [-0.05, 0) is 56.5 Å². The van der Waals surface area contributed by atoms with Crippen LogP contribution in [0.15, 0.2) is 42.4 Å². The summed E-state index contributed by atoms with van der Waals surface area (Å²) in [6.45, 7) is 2.68. The standard InChI is InChI=1S/C27H27FN8O2S.ClH/c28-21-11-16(17-12-32-36(13-17)18-3-5-29-6-4-18)10-19-20(21)14-35(26(19)38)24(25(37)33-27-30-7-9-39-27)23-22-2-1-8-34(22)15-31-23;/h7,9-13,15,18,24,29H,1-6,8,14H2,(H,30,33,37);1H. The Morgan fingerprint density at radius 3 is 2.85 bits per heavy atom. The Hall–Kier alpha value is -3.61. The van der Waals surface area contributed by atoms with Crippen molar-refractivity contribution in [2.24, 2.45) is 0 Å². The van der Waals surface area contributed by atoms with E-state index in [1.165, 1.54) is 22.3 Å². The van der Waals surface area contributed by atoms with Crippen LogP contribution in [0, 0.1) is 5.82 Å². The van der Waals surface area contributed by atoms with Gasteiger partial charge in [0.25, 0.3) is 11.8 Å². The molecule has 1 aromatic carbocycles. The minimum atomic E-state index is -1.01. The smallest absolute Gasteiger partial charge is 0.255 e. The van der Waals surface area contributed by atoms with Crippen molar-refractivity contribution in [3.63, 3.8) is 0 Å². The largest absolute Gasteiger partial charge is 0.334 e. The van der Waals surface area contributed by atoms with Gasteiger partial charge in [-0.1, -0.05) is 0 Å². The molecule has 3 aliphatic rings. The molecule has 0 radical (unpaired) electrons. The number of hydrogen-bond acceptors (Lipinski definition) is 7. The maximum Gasteiger partial charge on any atom is 0.255 e. The molecule has 40 heavy (non-hydrogen) atoms. The number of halogens is 2. The van der Waals surface area contributed by atoms with Gasteiger partial charge in [0.1, 0.15) is 5.82 Å². The van der Waals surface area contributed by atoms with E-state index in [-0.39, 0.29) is 30.1 Å². The summed E-state index contributed by atoms with van der Waals surface area (Å²) in [4.78, 5) is 37.6. The summed E-state index contributed by atoms with van der Waals surface area (Å²) in [5, 5.41) is 12.9. The third-order valence-electron chi connectivity index (χ3n) is 7.91. The molecule has 7 rings (SSSR count). The molecule has 0 saturated carbocycles. The topological polar surface area (TPSA) is 110 Å². The van der Waals surface area contributed by atoms with Gasteiger partial charge >= 0.3 is 0 Å². The first kappa shape index (κ1) is 26.6. The van der Waals surface area contributed by atoms with Crippen molar-refractivity contribution in [2.45, 2.75) is 50.9 Å². The average Bonchev–Trinajstić information content (AvgIpc) is 3.77. The van der Waals surface area contributed by atoms with E-state index < -0.39 is 23.7 Å². The van der Waals surface area contributed by atoms with Crippen molar-refractivity contribution in [3.8, 4) is 11.1 Å². The molecule has 2 amide bonds. The molecule has 208 valence electrons. The lowest BCUT2D eigenvalue weighted by molar-refractivity contribution is -0.121. The zero-order chi connectivity index (χ0) is 26.5. The first-order valence-electron chi connectivity index (χ1n) is 13.2. The molecule has 1 unspecified atom stereocenters. The Labute approximate surface area is 240 Å². The van der Waals surface area contributed by atoms with Gasteiger partial charge in [-0.15, -0.1) is 23.7 Å². The minimum absolute atomic E-state index is 0. The Morgan fingerprint density at radius 2 is 2.05 bits per heavy atom. The second-order valence-corrected chi connectivity index (χ2v) is 11.1. The number of imidazole rings is 1. The summed E-state index contributed by atoms with van der Waals surface area (Å²) in [6.07, 6.45) is 10.6. The van der Waals surface area contributed by atoms with Crippen LogP contribution in [0.2, 0.25) is 0 Å². The highest BCUT2D eigenvalue weighted by atomic mass is 35.5. The molecule has 1 atom stereocenters. The Morgan fingerprint density at radius 1 is 1.20 bits per heavy atom. The lowest BCUT2D eigenvalue weighted by Gasteiger charge is -2.26. The quantitative estimate of drug-likeness (QED) is 0.356. The van der Waals surface area contributed by atoms with Gasteiger partial charge in [0, 0.05) is 46.7 Å². The summed E-state index contributed by atoms with van der Waals surface area (Å²) in [6, 6.07) is 2.47. The number of piperidine rings is 1. The van der Waals surface area contributed by atoms with E-state index in [0.29, 0.717) is 22.4 Å². The number of carbonyl (C=O) groups excluding carboxylic acids is 2. The number of amides is 2. The molecule has 6 heterocycles. The number of hydrogen-bond donors (Lipinski definition) is 2. The van der Waals surface area contributed by atoms with Gasteiger partial charge < -0.3 is 14.8 Å². The number of aryl methyl sites for hydroxylation is 1. The Balaban J connectivity index is 0.00000289. The third kappa shape index (κ3) is 4.59. The van der Waals surface area contributed by atoms with Crippen molar-refractivity contribution in [3.05, 3.63) is 70.8 Å². The number of nitrogens with one attached hydrogen (secondary N) is 2. The summed E-state index contributed by atoms with van der Waals surface area (Å²) < 4.78 is 19.5. The molecule has 0 spiro atoms. The summed E-state index contributed by atoms with van der Waals surface area (Å²) in [5.41, 5.74) is 3.37. The van der Waals surface area contributed by atoms with E-state index in [1.54, 1.807) is 30.2 Å². The fraction of sp³-hybridized carbons (Fsp3) is 0.370. The van der Waals surface area contributed by atoms with Crippen LogP contribution in [-0.2, 0) is 24.3 Å². The third-order valence-corrected chi connectivity index (χ3v) is 8.59. The molecule has 3 aliphatic heterocycles. The maximum absolute atomic E-state index is 15.5. The summed E-state index contributed by atoms with van der Waals surface area (Å²) in [5.74, 6) is -1.28. The SMILES string of the molecule is Cl.O=C(Nc1nccs1)C(c1ncn2c1CCC2)N1Cc2c(F)cc(-c3cnn(C4CCNCC4)c3)cc2C1=O. The molecule has 0 bridgehead atoms. The molecule has 1 saturated heterocycles. The van der Waals surface area contributed by atoms with Crippen molar-refractivity contribution >= 4 is 40.7 Å². The van der Waals surface area contributed by atoms with Crippen LogP contribution in [-0.4, -0.2) is 54.1 Å². The van der Waals surface area contributed by atoms with E-state index in [1.807, 2.05) is 15.4 Å². The number of benzene rings is 1. The Kier molecular flexibility index (Phi) is 7.15. The fourth-order valence-electron chi connectivity index (χ4n) is 5.92. The predicted octanol–water partition coefficient (Wildman–Crippen LogP) is 3.97. The zero-order valence-corrected chi connectivity index (χ0v) is 23.2. The van der Waals surface area contributed by atoms with Gasteiger partial charge in [0.05, 0.1) is 30.8 Å². The molecular weight excluding hydrogens is 555 g/mol. The lowest BCUT2D eigenvalue weighted by Crippen LogP contribution is -2.38. The van der Waals surface area contributed by atoms with Crippen LogP contribution in [0.4, 0.5) is 9.52 Å². The molecule has 13 heteroatoms. The second kappa shape index (κ2) is 10.8. The second-order valence-electron chi connectivity index (χ2n) is 10.2. The van der Waals surface area contributed by atoms with Crippen molar-refractivity contribution in [2.75, 3.05) is 18.4 Å². The zero-order valence-electron chi connectivity index (χ0n) is 21.5. The monoisotopic (exact) mass is 582 g/mol. The van der Waals surface area contributed by atoms with E-state index in [4.69, 9.17) is 0 Å². The molecule has 10 nitrogen and oxygen atoms in total. The first-order chi connectivity index (χ1) is 19.1. The number of fused-ring (bicyclic) bond motifs is 2. The number of rotatable bonds is 6. The van der Waals surface area contributed by atoms with Crippen molar-refractivity contribution in [1.29, 1.82) is 0 Å². The van der Waals surface area contributed by atoms with Gasteiger partial charge in [0.2, 0.25) is 0 Å². The fourth-order valence-corrected chi connectivity index (χ4v) is 6.46. The molecule has 0 aliphatic carbocycles. The van der Waals surface area contributed by atoms with Crippen molar-refractivity contribution in [1.82, 2.24) is 34.5 Å². The average molecular weight is 583 g/mol. The van der Waals surface area contributed by atoms with Crippen molar-refractivity contribution < 1.29 is 14.0 Å². The minimum Gasteiger partial charge on any atom is -0.334 e. The molecule has 1 fully saturated rings. The number of carbonyl (C=O) groups is 2. The van der Waals surface area contributed by atoms with Gasteiger partial charge in [-0.3, -0.25) is 19.6 Å². The van der Waals surface area contributed by atoms with Crippen LogP contribution in [0.3, 0.4) is 0 Å². The number of nitrogens with zero attached hydrogens (tertiary/aromatic N) is 6. The van der Waals surface area contributed by atoms with Crippen LogP contribution < -0.4 is 10.6 Å². The van der Waals surface area contributed by atoms with E-state index >= 15 is 4.39 Å². The van der Waals surface area contributed by atoms with Crippen LogP contribution in [0.1, 0.15) is 58.7 Å². The van der Waals surface area contributed by atoms with Crippen LogP contribution in [0.5, 0.6) is 0 Å². The van der Waals surface area contributed by atoms with Gasteiger partial charge in [-0.2, -0.15) is 5.10 Å². The van der Waals surface area contributed by atoms with E-state index in [9.17, 15) is 9.59 Å². The highest BCUT2D eigenvalue weighted by molar-refractivity contribution is 7.13. The predicted molar refractivity (Wildman–Crippen MR) is 150 cm³/mol. The number of aromatic nitrogens is 5. The molecular formula is C27H28ClFN8O2S. The van der Waals surface area contributed by atoms with Gasteiger partial charge in [-0.25, -0.2) is 14.4 Å². The molecule has 4 aromatic rings. The Bertz CT molecular complexity index is 1560. The van der Waals surface area contributed by atoms with E-state index in [0.717, 1.165) is 56.6 Å².